The average molecular weight is 365 g/mol. The van der Waals surface area contributed by atoms with Gasteiger partial charge >= 0.3 is 0 Å². The minimum Gasteiger partial charge on any atom is -0.346 e. The lowest BCUT2D eigenvalue weighted by Gasteiger charge is -2.14. The van der Waals surface area contributed by atoms with E-state index in [0.29, 0.717) is 6.07 Å². The molecule has 2 aromatic carbocycles. The molecule has 2 amide bonds. The van der Waals surface area contributed by atoms with Gasteiger partial charge in [0.05, 0.1) is 18.8 Å². The molecular weight excluding hydrogens is 347 g/mol. The minimum atomic E-state index is -1.68. The molecule has 0 saturated heterocycles. The summed E-state index contributed by atoms with van der Waals surface area (Å²) in [6.45, 7) is 1.43. The van der Waals surface area contributed by atoms with Gasteiger partial charge in [-0.3, -0.25) is 9.59 Å². The van der Waals surface area contributed by atoms with Crippen molar-refractivity contribution in [3.63, 3.8) is 0 Å². The maximum atomic E-state index is 13.5. The molecule has 0 saturated carbocycles. The topological polar surface area (TPSA) is 70.2 Å². The number of rotatable bonds is 7. The number of carbonyl (C=O) groups is 2. The first kappa shape index (κ1) is 19.5. The molecule has 0 aliphatic rings. The molecule has 0 fully saturated rings. The summed E-state index contributed by atoms with van der Waals surface area (Å²) in [6.07, 6.45) is 0. The van der Waals surface area contributed by atoms with Gasteiger partial charge in [-0.1, -0.05) is 30.3 Å². The summed E-state index contributed by atoms with van der Waals surface area (Å²) in [7, 11) is 0. The molecule has 2 rings (SSSR count). The van der Waals surface area contributed by atoms with Crippen LogP contribution in [0.5, 0.6) is 0 Å². The summed E-state index contributed by atoms with van der Waals surface area (Å²) in [5.74, 6) is -5.73. The molecule has 8 heteroatoms. The van der Waals surface area contributed by atoms with Gasteiger partial charge in [0.25, 0.3) is 0 Å². The standard InChI is InChI=1S/C18H18F3N3O2/c1-11(12-5-3-2-4-6-12)22-9-15(25)23-10-16(26)24-14-8-7-13(19)17(20)18(14)21/h2-8,11,22H,9-10H2,1H3,(H,23,25)(H,24,26)/t11-/m0/s1. The number of carbonyl (C=O) groups excluding carboxylic acids is 2. The van der Waals surface area contributed by atoms with E-state index < -0.39 is 41.5 Å². The maximum absolute atomic E-state index is 13.5. The second kappa shape index (κ2) is 9.00. The second-order valence-corrected chi connectivity index (χ2v) is 5.56. The molecule has 0 bridgehead atoms. The average Bonchev–Trinajstić information content (AvgIpc) is 2.65. The van der Waals surface area contributed by atoms with E-state index in [1.54, 1.807) is 0 Å². The number of benzene rings is 2. The number of anilines is 1. The van der Waals surface area contributed by atoms with E-state index in [9.17, 15) is 22.8 Å². The van der Waals surface area contributed by atoms with Gasteiger partial charge in [-0.05, 0) is 24.6 Å². The third kappa shape index (κ3) is 5.32. The highest BCUT2D eigenvalue weighted by Crippen LogP contribution is 2.19. The minimum absolute atomic E-state index is 0.0249. The van der Waals surface area contributed by atoms with Gasteiger partial charge in [0, 0.05) is 6.04 Å². The first-order chi connectivity index (χ1) is 12.4. The Hall–Kier alpha value is -2.87. The summed E-state index contributed by atoms with van der Waals surface area (Å²) in [5.41, 5.74) is 0.505. The van der Waals surface area contributed by atoms with Gasteiger partial charge in [0.2, 0.25) is 11.8 Å². The second-order valence-electron chi connectivity index (χ2n) is 5.56. The van der Waals surface area contributed by atoms with Crippen LogP contribution in [0.4, 0.5) is 18.9 Å². The van der Waals surface area contributed by atoms with Gasteiger partial charge in [0.1, 0.15) is 0 Å². The molecule has 0 aliphatic carbocycles. The lowest BCUT2D eigenvalue weighted by molar-refractivity contribution is -0.123. The van der Waals surface area contributed by atoms with Gasteiger partial charge < -0.3 is 16.0 Å². The molecular formula is C18H18F3N3O2. The highest BCUT2D eigenvalue weighted by molar-refractivity contribution is 5.94. The van der Waals surface area contributed by atoms with Gasteiger partial charge in [-0.25, -0.2) is 13.2 Å². The van der Waals surface area contributed by atoms with E-state index >= 15 is 0 Å². The van der Waals surface area contributed by atoms with E-state index in [0.717, 1.165) is 11.6 Å². The van der Waals surface area contributed by atoms with Gasteiger partial charge in [-0.2, -0.15) is 0 Å². The van der Waals surface area contributed by atoms with Crippen molar-refractivity contribution in [1.82, 2.24) is 10.6 Å². The van der Waals surface area contributed by atoms with Crippen molar-refractivity contribution < 1.29 is 22.8 Å². The van der Waals surface area contributed by atoms with E-state index in [1.807, 2.05) is 37.3 Å². The van der Waals surface area contributed by atoms with E-state index in [4.69, 9.17) is 0 Å². The third-order valence-electron chi connectivity index (χ3n) is 3.62. The molecule has 3 N–H and O–H groups in total. The quantitative estimate of drug-likeness (QED) is 0.661. The van der Waals surface area contributed by atoms with Crippen LogP contribution in [-0.4, -0.2) is 24.9 Å². The Labute approximate surface area is 148 Å². The first-order valence-corrected chi connectivity index (χ1v) is 7.87. The van der Waals surface area contributed by atoms with Crippen molar-refractivity contribution in [3.05, 3.63) is 65.5 Å². The summed E-state index contributed by atoms with van der Waals surface area (Å²) in [5, 5.41) is 7.42. The van der Waals surface area contributed by atoms with Crippen LogP contribution >= 0.6 is 0 Å². The molecule has 0 heterocycles. The van der Waals surface area contributed by atoms with Crippen molar-refractivity contribution in [1.29, 1.82) is 0 Å². The summed E-state index contributed by atoms with van der Waals surface area (Å²) in [4.78, 5) is 23.5. The zero-order valence-corrected chi connectivity index (χ0v) is 14.0. The Kier molecular flexibility index (Phi) is 6.74. The highest BCUT2D eigenvalue weighted by atomic mass is 19.2. The van der Waals surface area contributed by atoms with Crippen molar-refractivity contribution in [3.8, 4) is 0 Å². The van der Waals surface area contributed by atoms with Crippen molar-refractivity contribution in [2.45, 2.75) is 13.0 Å². The van der Waals surface area contributed by atoms with Crippen molar-refractivity contribution in [2.75, 3.05) is 18.4 Å². The van der Waals surface area contributed by atoms with Crippen LogP contribution in [0, 0.1) is 17.5 Å². The lowest BCUT2D eigenvalue weighted by Crippen LogP contribution is -2.39. The number of halogens is 3. The number of hydrogen-bond donors (Lipinski definition) is 3. The lowest BCUT2D eigenvalue weighted by atomic mass is 10.1. The third-order valence-corrected chi connectivity index (χ3v) is 3.62. The zero-order chi connectivity index (χ0) is 19.1. The fourth-order valence-corrected chi connectivity index (χ4v) is 2.16. The normalized spacial score (nSPS) is 11.7. The van der Waals surface area contributed by atoms with Crippen LogP contribution in [0.25, 0.3) is 0 Å². The SMILES string of the molecule is C[C@H](NCC(=O)NCC(=O)Nc1ccc(F)c(F)c1F)c1ccccc1. The Morgan fingerprint density at radius 3 is 2.31 bits per heavy atom. The van der Waals surface area contributed by atoms with Crippen LogP contribution < -0.4 is 16.0 Å². The molecule has 2 aromatic rings. The first-order valence-electron chi connectivity index (χ1n) is 7.87. The number of hydrogen-bond acceptors (Lipinski definition) is 3. The summed E-state index contributed by atoms with van der Waals surface area (Å²) < 4.78 is 39.4. The largest absolute Gasteiger partial charge is 0.346 e. The Balaban J connectivity index is 1.77. The van der Waals surface area contributed by atoms with E-state index in [2.05, 4.69) is 16.0 Å². The van der Waals surface area contributed by atoms with E-state index in [1.165, 1.54) is 0 Å². The molecule has 5 nitrogen and oxygen atoms in total. The molecule has 0 aromatic heterocycles. The summed E-state index contributed by atoms with van der Waals surface area (Å²) >= 11 is 0. The van der Waals surface area contributed by atoms with Gasteiger partial charge in [0.15, 0.2) is 17.5 Å². The van der Waals surface area contributed by atoms with Crippen LogP contribution in [0.15, 0.2) is 42.5 Å². The zero-order valence-electron chi connectivity index (χ0n) is 14.0. The molecule has 0 spiro atoms. The number of amides is 2. The molecule has 1 atom stereocenters. The molecule has 0 aliphatic heterocycles. The van der Waals surface area contributed by atoms with Crippen LogP contribution in [0.3, 0.4) is 0 Å². The predicted octanol–water partition coefficient (Wildman–Crippen LogP) is 2.51. The smallest absolute Gasteiger partial charge is 0.243 e. The molecule has 26 heavy (non-hydrogen) atoms. The molecule has 0 radical (unpaired) electrons. The van der Waals surface area contributed by atoms with Crippen molar-refractivity contribution >= 4 is 17.5 Å². The van der Waals surface area contributed by atoms with Crippen LogP contribution in [0.2, 0.25) is 0 Å². The fraction of sp³-hybridized carbons (Fsp3) is 0.222. The van der Waals surface area contributed by atoms with Gasteiger partial charge in [-0.15, -0.1) is 0 Å². The molecule has 0 unspecified atom stereocenters. The Morgan fingerprint density at radius 2 is 1.62 bits per heavy atom. The number of nitrogens with one attached hydrogen (secondary N) is 3. The van der Waals surface area contributed by atoms with E-state index in [-0.39, 0.29) is 12.6 Å². The fourth-order valence-electron chi connectivity index (χ4n) is 2.16. The summed E-state index contributed by atoms with van der Waals surface area (Å²) in [6, 6.07) is 11.0. The Morgan fingerprint density at radius 1 is 0.923 bits per heavy atom. The monoisotopic (exact) mass is 365 g/mol. The van der Waals surface area contributed by atoms with Crippen molar-refractivity contribution in [2.24, 2.45) is 0 Å². The predicted molar refractivity (Wildman–Crippen MR) is 90.8 cm³/mol. The highest BCUT2D eigenvalue weighted by Gasteiger charge is 2.15. The molecule has 138 valence electrons. The Bertz CT molecular complexity index is 785. The van der Waals surface area contributed by atoms with Crippen LogP contribution in [0.1, 0.15) is 18.5 Å². The maximum Gasteiger partial charge on any atom is 0.243 e. The van der Waals surface area contributed by atoms with Crippen LogP contribution in [-0.2, 0) is 9.59 Å².